The summed E-state index contributed by atoms with van der Waals surface area (Å²) >= 11 is 0. The summed E-state index contributed by atoms with van der Waals surface area (Å²) in [4.78, 5) is 25.2. The number of carbonyl (C=O) groups excluding carboxylic acids is 2. The predicted molar refractivity (Wildman–Crippen MR) is 238 cm³/mol. The number of esters is 2. The monoisotopic (exact) mass is 835 g/mol. The first-order valence-electron chi connectivity index (χ1n) is 23.7. The first-order chi connectivity index (χ1) is 28.8. The van der Waals surface area contributed by atoms with Crippen LogP contribution in [-0.2, 0) is 28.5 Å². The van der Waals surface area contributed by atoms with Gasteiger partial charge in [-0.1, -0.05) is 178 Å². The summed E-state index contributed by atoms with van der Waals surface area (Å²) in [6, 6.07) is 0. The molecule has 1 heterocycles. The molecule has 0 radical (unpaired) electrons. The molecule has 0 spiro atoms. The number of carbonyl (C=O) groups is 2. The number of unbranched alkanes of at least 4 members (excludes halogenated alkanes) is 23. The Balaban J connectivity index is 2.34. The van der Waals surface area contributed by atoms with Crippen molar-refractivity contribution in [2.24, 2.45) is 0 Å². The van der Waals surface area contributed by atoms with Crippen molar-refractivity contribution in [2.75, 3.05) is 19.8 Å². The van der Waals surface area contributed by atoms with Crippen molar-refractivity contribution in [3.8, 4) is 0 Å². The SMILES string of the molecule is CCCCC/C=C/C/C=C/CCCCCCCCCCCC(=O)OC[C@@H](CO[C@H]1O[C@@H](CO)[C@@H](O)C(O)C1O)OC(=O)/C=C/C=C/CCCCCCCCCCCCC. The highest BCUT2D eigenvalue weighted by Crippen LogP contribution is 2.22. The molecular weight excluding hydrogens is 749 g/mol. The van der Waals surface area contributed by atoms with Crippen LogP contribution in [0.2, 0.25) is 0 Å². The molecule has 10 heteroatoms. The van der Waals surface area contributed by atoms with Gasteiger partial charge in [0, 0.05) is 12.5 Å². The Kier molecular flexibility index (Phi) is 36.9. The average molecular weight is 835 g/mol. The summed E-state index contributed by atoms with van der Waals surface area (Å²) in [5.41, 5.74) is 0. The van der Waals surface area contributed by atoms with Gasteiger partial charge in [0.1, 0.15) is 31.0 Å². The predicted octanol–water partition coefficient (Wildman–Crippen LogP) is 10.4. The Morgan fingerprint density at radius 3 is 1.63 bits per heavy atom. The van der Waals surface area contributed by atoms with Gasteiger partial charge in [-0.05, 0) is 51.4 Å². The lowest BCUT2D eigenvalue weighted by Gasteiger charge is -2.39. The second-order valence-electron chi connectivity index (χ2n) is 16.3. The minimum Gasteiger partial charge on any atom is -0.462 e. The maximum atomic E-state index is 12.7. The van der Waals surface area contributed by atoms with Crippen LogP contribution in [0.3, 0.4) is 0 Å². The highest BCUT2D eigenvalue weighted by atomic mass is 16.7. The Labute approximate surface area is 358 Å². The number of aliphatic hydroxyl groups excluding tert-OH is 4. The summed E-state index contributed by atoms with van der Waals surface area (Å²) in [6.45, 7) is 3.29. The van der Waals surface area contributed by atoms with E-state index in [4.69, 9.17) is 18.9 Å². The Hall–Kier alpha value is -2.34. The number of hydrogen-bond acceptors (Lipinski definition) is 10. The van der Waals surface area contributed by atoms with Crippen molar-refractivity contribution in [1.29, 1.82) is 0 Å². The molecule has 1 aliphatic heterocycles. The molecule has 4 N–H and O–H groups in total. The van der Waals surface area contributed by atoms with Gasteiger partial charge in [0.2, 0.25) is 0 Å². The van der Waals surface area contributed by atoms with Crippen LogP contribution in [0.5, 0.6) is 0 Å². The van der Waals surface area contributed by atoms with Crippen LogP contribution in [0.1, 0.15) is 194 Å². The summed E-state index contributed by atoms with van der Waals surface area (Å²) in [7, 11) is 0. The minimum atomic E-state index is -1.61. The standard InChI is InChI=1S/C49H86O10/c1-3-5-7-9-11-13-15-17-19-20-21-22-24-25-27-29-31-33-35-37-44(51)56-40-42(41-57-49-48(55)47(54)46(53)43(39-50)59-49)58-45(52)38-36-34-32-30-28-26-23-18-16-14-12-10-8-6-4-2/h11,13,17,19,32,34,36,38,42-43,46-50,53-55H,3-10,12,14-16,18,20-31,33,35,37,39-41H2,1-2H3/b13-11+,19-17+,34-32+,38-36+/t42-,43-,46+,47?,48?,49-/m0/s1. The van der Waals surface area contributed by atoms with Crippen molar-refractivity contribution in [3.63, 3.8) is 0 Å². The van der Waals surface area contributed by atoms with E-state index >= 15 is 0 Å². The summed E-state index contributed by atoms with van der Waals surface area (Å²) in [5, 5.41) is 40.1. The van der Waals surface area contributed by atoms with E-state index in [1.165, 1.54) is 128 Å². The summed E-state index contributed by atoms with van der Waals surface area (Å²) in [5.74, 6) is -1.06. The van der Waals surface area contributed by atoms with Crippen molar-refractivity contribution in [2.45, 2.75) is 230 Å². The third-order valence-corrected chi connectivity index (χ3v) is 10.8. The van der Waals surface area contributed by atoms with E-state index in [2.05, 4.69) is 38.2 Å². The lowest BCUT2D eigenvalue weighted by molar-refractivity contribution is -0.305. The maximum absolute atomic E-state index is 12.7. The number of allylic oxidation sites excluding steroid dienone is 7. The van der Waals surface area contributed by atoms with Gasteiger partial charge in [-0.2, -0.15) is 0 Å². The fourth-order valence-electron chi connectivity index (χ4n) is 7.01. The second-order valence-corrected chi connectivity index (χ2v) is 16.3. The van der Waals surface area contributed by atoms with E-state index in [0.29, 0.717) is 6.42 Å². The molecule has 59 heavy (non-hydrogen) atoms. The van der Waals surface area contributed by atoms with E-state index in [1.807, 2.05) is 12.2 Å². The average Bonchev–Trinajstić information content (AvgIpc) is 3.23. The highest BCUT2D eigenvalue weighted by molar-refractivity contribution is 5.82. The zero-order valence-electron chi connectivity index (χ0n) is 37.2. The topological polar surface area (TPSA) is 152 Å². The molecule has 6 atom stereocenters. The molecule has 1 rings (SSSR count). The number of ether oxygens (including phenoxy) is 4. The van der Waals surface area contributed by atoms with Gasteiger partial charge < -0.3 is 39.4 Å². The second kappa shape index (κ2) is 39.8. The van der Waals surface area contributed by atoms with E-state index in [9.17, 15) is 30.0 Å². The first kappa shape index (κ1) is 54.7. The molecular formula is C49H86O10. The zero-order chi connectivity index (χ0) is 43.0. The summed E-state index contributed by atoms with van der Waals surface area (Å²) in [6.07, 6.45) is 40.3. The zero-order valence-corrected chi connectivity index (χ0v) is 37.2. The van der Waals surface area contributed by atoms with E-state index < -0.39 is 55.4 Å². The minimum absolute atomic E-state index is 0.250. The van der Waals surface area contributed by atoms with Gasteiger partial charge in [-0.25, -0.2) is 4.79 Å². The molecule has 0 aromatic rings. The van der Waals surface area contributed by atoms with Crippen molar-refractivity contribution in [1.82, 2.24) is 0 Å². The van der Waals surface area contributed by atoms with Gasteiger partial charge >= 0.3 is 11.9 Å². The van der Waals surface area contributed by atoms with Gasteiger partial charge in [0.05, 0.1) is 13.2 Å². The maximum Gasteiger partial charge on any atom is 0.331 e. The fourth-order valence-corrected chi connectivity index (χ4v) is 7.01. The normalized spacial score (nSPS) is 20.4. The van der Waals surface area contributed by atoms with Crippen LogP contribution in [0.25, 0.3) is 0 Å². The van der Waals surface area contributed by atoms with Gasteiger partial charge in [-0.15, -0.1) is 0 Å². The third kappa shape index (κ3) is 31.2. The molecule has 1 fully saturated rings. The molecule has 0 aliphatic carbocycles. The largest absolute Gasteiger partial charge is 0.462 e. The molecule has 1 aliphatic rings. The van der Waals surface area contributed by atoms with Crippen molar-refractivity contribution in [3.05, 3.63) is 48.6 Å². The van der Waals surface area contributed by atoms with Crippen molar-refractivity contribution >= 4 is 11.9 Å². The number of rotatable bonds is 39. The van der Waals surface area contributed by atoms with Gasteiger partial charge in [0.25, 0.3) is 0 Å². The first-order valence-corrected chi connectivity index (χ1v) is 23.7. The molecule has 0 saturated carbocycles. The molecule has 0 bridgehead atoms. The molecule has 10 nitrogen and oxygen atoms in total. The van der Waals surface area contributed by atoms with Crippen LogP contribution in [-0.4, -0.2) is 89.0 Å². The molecule has 2 unspecified atom stereocenters. The van der Waals surface area contributed by atoms with Crippen LogP contribution in [0.4, 0.5) is 0 Å². The van der Waals surface area contributed by atoms with E-state index in [0.717, 1.165) is 44.9 Å². The number of aliphatic hydroxyl groups is 4. The van der Waals surface area contributed by atoms with Crippen molar-refractivity contribution < 1.29 is 49.0 Å². The molecule has 0 amide bonds. The van der Waals surface area contributed by atoms with Gasteiger partial charge in [-0.3, -0.25) is 4.79 Å². The van der Waals surface area contributed by atoms with Crippen LogP contribution >= 0.6 is 0 Å². The van der Waals surface area contributed by atoms with Crippen LogP contribution in [0.15, 0.2) is 48.6 Å². The Morgan fingerprint density at radius 1 is 0.576 bits per heavy atom. The fraction of sp³-hybridized carbons (Fsp3) is 0.796. The lowest BCUT2D eigenvalue weighted by atomic mass is 9.99. The van der Waals surface area contributed by atoms with E-state index in [-0.39, 0.29) is 19.6 Å². The molecule has 0 aromatic heterocycles. The third-order valence-electron chi connectivity index (χ3n) is 10.8. The number of hydrogen-bond donors (Lipinski definition) is 4. The van der Waals surface area contributed by atoms with E-state index in [1.54, 1.807) is 6.08 Å². The molecule has 342 valence electrons. The quantitative estimate of drug-likeness (QED) is 0.0155. The Bertz CT molecular complexity index is 1100. The summed E-state index contributed by atoms with van der Waals surface area (Å²) < 4.78 is 22.0. The smallest absolute Gasteiger partial charge is 0.331 e. The van der Waals surface area contributed by atoms with Crippen LogP contribution < -0.4 is 0 Å². The molecule has 0 aromatic carbocycles. The highest BCUT2D eigenvalue weighted by Gasteiger charge is 2.44. The Morgan fingerprint density at radius 2 is 1.07 bits per heavy atom. The van der Waals surface area contributed by atoms with Gasteiger partial charge in [0.15, 0.2) is 12.4 Å². The van der Waals surface area contributed by atoms with Crippen LogP contribution in [0, 0.1) is 0 Å². The lowest BCUT2D eigenvalue weighted by Crippen LogP contribution is -2.59. The molecule has 1 saturated heterocycles.